The van der Waals surface area contributed by atoms with Crippen LogP contribution >= 0.6 is 0 Å². The van der Waals surface area contributed by atoms with Crippen LogP contribution in [-0.4, -0.2) is 15.6 Å². The summed E-state index contributed by atoms with van der Waals surface area (Å²) in [5.74, 6) is 0.101. The molecule has 2 aromatic carbocycles. The first-order chi connectivity index (χ1) is 9.31. The molecule has 3 heteroatoms. The van der Waals surface area contributed by atoms with Gasteiger partial charge >= 0.3 is 0 Å². The van der Waals surface area contributed by atoms with Crippen molar-refractivity contribution in [2.45, 2.75) is 13.5 Å². The molecule has 4 rings (SSSR count). The molecule has 1 aliphatic carbocycles. The lowest BCUT2D eigenvalue weighted by atomic mass is 9.87. The van der Waals surface area contributed by atoms with Gasteiger partial charge in [-0.25, -0.2) is 0 Å². The molecule has 0 N–H and O–H groups in total. The van der Waals surface area contributed by atoms with Crippen LogP contribution in [0.5, 0.6) is 0 Å². The minimum absolute atomic E-state index is 0.101. The van der Waals surface area contributed by atoms with Crippen molar-refractivity contribution in [2.24, 2.45) is 0 Å². The Hall–Kier alpha value is -2.42. The van der Waals surface area contributed by atoms with Gasteiger partial charge in [0.05, 0.1) is 5.52 Å². The van der Waals surface area contributed by atoms with Crippen LogP contribution in [0.25, 0.3) is 22.2 Å². The first-order valence-corrected chi connectivity index (χ1v) is 6.45. The van der Waals surface area contributed by atoms with Crippen molar-refractivity contribution in [1.29, 1.82) is 0 Å². The van der Waals surface area contributed by atoms with Crippen LogP contribution in [0.2, 0.25) is 0 Å². The average Bonchev–Trinajstić information content (AvgIpc) is 2.85. The third kappa shape index (κ3) is 1.22. The molecule has 0 saturated heterocycles. The van der Waals surface area contributed by atoms with Crippen molar-refractivity contribution in [1.82, 2.24) is 9.78 Å². The van der Waals surface area contributed by atoms with Crippen LogP contribution in [0.15, 0.2) is 42.5 Å². The summed E-state index contributed by atoms with van der Waals surface area (Å²) in [6.07, 6.45) is 0. The van der Waals surface area contributed by atoms with Crippen molar-refractivity contribution in [3.63, 3.8) is 0 Å². The normalized spacial score (nSPS) is 12.8. The van der Waals surface area contributed by atoms with Crippen LogP contribution in [0, 0.1) is 0 Å². The van der Waals surface area contributed by atoms with Crippen molar-refractivity contribution in [2.75, 3.05) is 0 Å². The van der Waals surface area contributed by atoms with E-state index >= 15 is 0 Å². The van der Waals surface area contributed by atoms with E-state index in [0.29, 0.717) is 0 Å². The summed E-state index contributed by atoms with van der Waals surface area (Å²) < 4.78 is 1.96. The standard InChI is InChI=1S/C16H12N2O/c1-2-18-13-9-5-8-12-14(13)15(17-18)10-6-3-4-7-11(10)16(12)19/h3-9H,2H2,1H3. The Morgan fingerprint density at radius 1 is 1.00 bits per heavy atom. The first-order valence-electron chi connectivity index (χ1n) is 6.45. The van der Waals surface area contributed by atoms with Gasteiger partial charge in [-0.3, -0.25) is 9.48 Å². The molecule has 0 aliphatic heterocycles. The number of nitrogens with zero attached hydrogens (tertiary/aromatic N) is 2. The van der Waals surface area contributed by atoms with E-state index in [1.165, 1.54) is 0 Å². The molecule has 92 valence electrons. The maximum Gasteiger partial charge on any atom is 0.194 e. The van der Waals surface area contributed by atoms with Gasteiger partial charge in [-0.2, -0.15) is 5.10 Å². The number of carbonyl (C=O) groups excluding carboxylic acids is 1. The van der Waals surface area contributed by atoms with E-state index in [1.807, 2.05) is 47.1 Å². The fourth-order valence-electron chi connectivity index (χ4n) is 2.88. The molecule has 0 fully saturated rings. The Balaban J connectivity index is 2.23. The summed E-state index contributed by atoms with van der Waals surface area (Å²) in [6, 6.07) is 13.6. The molecule has 0 amide bonds. The summed E-state index contributed by atoms with van der Waals surface area (Å²) >= 11 is 0. The van der Waals surface area contributed by atoms with Gasteiger partial charge in [0.15, 0.2) is 5.78 Å². The number of carbonyl (C=O) groups is 1. The predicted molar refractivity (Wildman–Crippen MR) is 74.3 cm³/mol. The Labute approximate surface area is 110 Å². The quantitative estimate of drug-likeness (QED) is 0.518. The van der Waals surface area contributed by atoms with E-state index in [2.05, 4.69) is 12.0 Å². The summed E-state index contributed by atoms with van der Waals surface area (Å²) in [6.45, 7) is 2.87. The highest BCUT2D eigenvalue weighted by Crippen LogP contribution is 2.38. The summed E-state index contributed by atoms with van der Waals surface area (Å²) in [5, 5.41) is 5.67. The van der Waals surface area contributed by atoms with E-state index in [1.54, 1.807) is 0 Å². The van der Waals surface area contributed by atoms with Crippen LogP contribution in [0.1, 0.15) is 22.8 Å². The number of ketones is 1. The largest absolute Gasteiger partial charge is 0.289 e. The van der Waals surface area contributed by atoms with Crippen molar-refractivity contribution in [3.05, 3.63) is 53.6 Å². The number of aromatic nitrogens is 2. The maximum absolute atomic E-state index is 12.6. The summed E-state index contributed by atoms with van der Waals surface area (Å²) in [5.41, 5.74) is 4.44. The van der Waals surface area contributed by atoms with Crippen molar-refractivity contribution >= 4 is 16.7 Å². The number of fused-ring (bicyclic) bond motifs is 2. The second kappa shape index (κ2) is 3.54. The van der Waals surface area contributed by atoms with E-state index in [9.17, 15) is 4.79 Å². The Bertz CT molecular complexity index is 830. The highest BCUT2D eigenvalue weighted by Gasteiger charge is 2.27. The van der Waals surface area contributed by atoms with Gasteiger partial charge in [-0.15, -0.1) is 0 Å². The molecule has 3 nitrogen and oxygen atoms in total. The molecule has 0 spiro atoms. The third-order valence-electron chi connectivity index (χ3n) is 3.75. The van der Waals surface area contributed by atoms with Gasteiger partial charge in [0.2, 0.25) is 0 Å². The minimum Gasteiger partial charge on any atom is -0.289 e. The fourth-order valence-corrected chi connectivity index (χ4v) is 2.88. The predicted octanol–water partition coefficient (Wildman–Crippen LogP) is 3.27. The lowest BCUT2D eigenvalue weighted by Gasteiger charge is -2.13. The average molecular weight is 248 g/mol. The maximum atomic E-state index is 12.6. The third-order valence-corrected chi connectivity index (χ3v) is 3.75. The van der Waals surface area contributed by atoms with Gasteiger partial charge in [0.1, 0.15) is 5.69 Å². The van der Waals surface area contributed by atoms with Crippen LogP contribution < -0.4 is 0 Å². The van der Waals surface area contributed by atoms with Crippen LogP contribution in [0.3, 0.4) is 0 Å². The Morgan fingerprint density at radius 2 is 1.74 bits per heavy atom. The number of benzene rings is 2. The van der Waals surface area contributed by atoms with Gasteiger partial charge in [0, 0.05) is 28.6 Å². The number of hydrogen-bond acceptors (Lipinski definition) is 2. The number of aryl methyl sites for hydroxylation is 1. The first kappa shape index (κ1) is 10.5. The van der Waals surface area contributed by atoms with E-state index in [0.717, 1.165) is 39.8 Å². The number of hydrogen-bond donors (Lipinski definition) is 0. The van der Waals surface area contributed by atoms with Gasteiger partial charge < -0.3 is 0 Å². The lowest BCUT2D eigenvalue weighted by Crippen LogP contribution is -2.08. The molecule has 1 aromatic heterocycles. The minimum atomic E-state index is 0.101. The van der Waals surface area contributed by atoms with Gasteiger partial charge in [-0.1, -0.05) is 36.4 Å². The van der Waals surface area contributed by atoms with Gasteiger partial charge in [0.25, 0.3) is 0 Å². The van der Waals surface area contributed by atoms with Crippen LogP contribution in [0.4, 0.5) is 0 Å². The fraction of sp³-hybridized carbons (Fsp3) is 0.125. The van der Waals surface area contributed by atoms with Crippen LogP contribution in [-0.2, 0) is 6.54 Å². The van der Waals surface area contributed by atoms with E-state index in [-0.39, 0.29) is 5.78 Å². The molecular formula is C16H12N2O. The smallest absolute Gasteiger partial charge is 0.194 e. The van der Waals surface area contributed by atoms with Crippen molar-refractivity contribution in [3.8, 4) is 11.3 Å². The molecule has 3 aromatic rings. The Kier molecular flexibility index (Phi) is 1.96. The monoisotopic (exact) mass is 248 g/mol. The lowest BCUT2D eigenvalue weighted by molar-refractivity contribution is 0.104. The molecule has 0 saturated carbocycles. The highest BCUT2D eigenvalue weighted by atomic mass is 16.1. The molecule has 1 heterocycles. The zero-order valence-corrected chi connectivity index (χ0v) is 10.6. The molecule has 0 unspecified atom stereocenters. The molecule has 19 heavy (non-hydrogen) atoms. The zero-order chi connectivity index (χ0) is 13.0. The highest BCUT2D eigenvalue weighted by molar-refractivity contribution is 6.24. The topological polar surface area (TPSA) is 34.9 Å². The van der Waals surface area contributed by atoms with E-state index < -0.39 is 0 Å². The van der Waals surface area contributed by atoms with Gasteiger partial charge in [-0.05, 0) is 13.0 Å². The second-order valence-electron chi connectivity index (χ2n) is 4.74. The SMILES string of the molecule is CCn1nc2c3c(cccc31)C(=O)c1ccccc1-2. The summed E-state index contributed by atoms with van der Waals surface area (Å²) in [4.78, 5) is 12.6. The van der Waals surface area contributed by atoms with E-state index in [4.69, 9.17) is 0 Å². The zero-order valence-electron chi connectivity index (χ0n) is 10.6. The Morgan fingerprint density at radius 3 is 2.53 bits per heavy atom. The summed E-state index contributed by atoms with van der Waals surface area (Å²) in [7, 11) is 0. The molecule has 0 radical (unpaired) electrons. The second-order valence-corrected chi connectivity index (χ2v) is 4.74. The molecule has 0 atom stereocenters. The molecule has 1 aliphatic rings. The number of rotatable bonds is 1. The molecule has 0 bridgehead atoms. The van der Waals surface area contributed by atoms with Crippen molar-refractivity contribution < 1.29 is 4.79 Å². The molecular weight excluding hydrogens is 236 g/mol.